The van der Waals surface area contributed by atoms with Crippen molar-refractivity contribution in [1.82, 2.24) is 5.32 Å². The summed E-state index contributed by atoms with van der Waals surface area (Å²) < 4.78 is 23.4. The molecule has 0 aliphatic carbocycles. The number of hydrogen-bond donors (Lipinski definition) is 1. The smallest absolute Gasteiger partial charge is 0.252 e. The van der Waals surface area contributed by atoms with Crippen LogP contribution in [-0.2, 0) is 9.47 Å². The van der Waals surface area contributed by atoms with Gasteiger partial charge in [0.1, 0.15) is 5.82 Å². The van der Waals surface area contributed by atoms with Crippen LogP contribution in [0.4, 0.5) is 4.39 Å². The molecule has 0 aliphatic rings. The molecule has 0 fully saturated rings. The van der Waals surface area contributed by atoms with Gasteiger partial charge in [0, 0.05) is 25.2 Å². The molecule has 0 aromatic heterocycles. The Kier molecular flexibility index (Phi) is 6.24. The molecule has 0 heterocycles. The number of amides is 1. The Hall–Kier alpha value is -0.980. The highest BCUT2D eigenvalue weighted by atomic mass is 79.9. The summed E-state index contributed by atoms with van der Waals surface area (Å²) >= 11 is 3.15. The third kappa shape index (κ3) is 4.36. The molecule has 1 aromatic rings. The summed E-state index contributed by atoms with van der Waals surface area (Å²) in [5.74, 6) is -0.687. The van der Waals surface area contributed by atoms with Gasteiger partial charge in [-0.3, -0.25) is 4.79 Å². The lowest BCUT2D eigenvalue weighted by molar-refractivity contribution is 0.0285. The summed E-state index contributed by atoms with van der Waals surface area (Å²) in [5, 5.41) is 2.70. The van der Waals surface area contributed by atoms with Crippen LogP contribution in [0.3, 0.4) is 0 Å². The molecule has 100 valence electrons. The summed E-state index contributed by atoms with van der Waals surface area (Å²) in [6.07, 6.45) is -0.210. The quantitative estimate of drug-likeness (QED) is 0.872. The molecule has 0 aliphatic heterocycles. The maximum Gasteiger partial charge on any atom is 0.252 e. The fourth-order valence-corrected chi connectivity index (χ4v) is 1.90. The molecule has 1 atom stereocenters. The van der Waals surface area contributed by atoms with E-state index in [2.05, 4.69) is 21.2 Å². The van der Waals surface area contributed by atoms with Crippen molar-refractivity contribution in [3.05, 3.63) is 34.1 Å². The zero-order valence-corrected chi connectivity index (χ0v) is 11.8. The predicted molar refractivity (Wildman–Crippen MR) is 69.1 cm³/mol. The number of benzene rings is 1. The van der Waals surface area contributed by atoms with E-state index in [-0.39, 0.29) is 12.0 Å². The number of hydrogen-bond acceptors (Lipinski definition) is 3. The largest absolute Gasteiger partial charge is 0.382 e. The highest BCUT2D eigenvalue weighted by Gasteiger charge is 2.13. The van der Waals surface area contributed by atoms with E-state index in [1.165, 1.54) is 18.2 Å². The minimum absolute atomic E-state index is 0.210. The third-order valence-electron chi connectivity index (χ3n) is 2.35. The van der Waals surface area contributed by atoms with Crippen molar-refractivity contribution >= 4 is 21.8 Å². The van der Waals surface area contributed by atoms with Crippen molar-refractivity contribution in [2.45, 2.75) is 6.10 Å². The van der Waals surface area contributed by atoms with Crippen molar-refractivity contribution in [2.75, 3.05) is 27.4 Å². The number of carbonyl (C=O) groups excluding carboxylic acids is 1. The first-order chi connectivity index (χ1) is 8.58. The monoisotopic (exact) mass is 319 g/mol. The Morgan fingerprint density at radius 1 is 1.50 bits per heavy atom. The van der Waals surface area contributed by atoms with Crippen LogP contribution in [0.25, 0.3) is 0 Å². The Labute approximate surface area is 114 Å². The maximum absolute atomic E-state index is 12.9. The molecule has 0 bridgehead atoms. The molecule has 0 radical (unpaired) electrons. The predicted octanol–water partition coefficient (Wildman–Crippen LogP) is 1.98. The van der Waals surface area contributed by atoms with Gasteiger partial charge in [0.25, 0.3) is 5.91 Å². The fraction of sp³-hybridized carbons (Fsp3) is 0.417. The highest BCUT2D eigenvalue weighted by molar-refractivity contribution is 9.10. The molecule has 0 saturated carbocycles. The third-order valence-corrected chi connectivity index (χ3v) is 3.01. The zero-order valence-electron chi connectivity index (χ0n) is 10.2. The molecular weight excluding hydrogens is 305 g/mol. The van der Waals surface area contributed by atoms with E-state index < -0.39 is 5.82 Å². The van der Waals surface area contributed by atoms with Gasteiger partial charge < -0.3 is 14.8 Å². The van der Waals surface area contributed by atoms with Crippen LogP contribution in [0, 0.1) is 5.82 Å². The molecule has 0 saturated heterocycles. The second-order valence-electron chi connectivity index (χ2n) is 3.65. The van der Waals surface area contributed by atoms with Gasteiger partial charge in [-0.05, 0) is 34.1 Å². The molecule has 0 spiro atoms. The Bertz CT molecular complexity index is 414. The minimum Gasteiger partial charge on any atom is -0.382 e. The van der Waals surface area contributed by atoms with E-state index in [0.717, 1.165) is 0 Å². The Morgan fingerprint density at radius 3 is 2.78 bits per heavy atom. The average Bonchev–Trinajstić information content (AvgIpc) is 2.34. The molecule has 6 heteroatoms. The van der Waals surface area contributed by atoms with E-state index in [1.54, 1.807) is 14.2 Å². The van der Waals surface area contributed by atoms with Crippen molar-refractivity contribution in [1.29, 1.82) is 0 Å². The van der Waals surface area contributed by atoms with Crippen LogP contribution >= 0.6 is 15.9 Å². The molecule has 1 aromatic carbocycles. The SMILES string of the molecule is COCC(CNC(=O)c1ccc(F)cc1Br)OC. The minimum atomic E-state index is -0.396. The van der Waals surface area contributed by atoms with Gasteiger partial charge in [-0.15, -0.1) is 0 Å². The Morgan fingerprint density at radius 2 is 2.22 bits per heavy atom. The second-order valence-corrected chi connectivity index (χ2v) is 4.50. The van der Waals surface area contributed by atoms with Gasteiger partial charge in [-0.1, -0.05) is 0 Å². The number of methoxy groups -OCH3 is 2. The van der Waals surface area contributed by atoms with Gasteiger partial charge in [0.05, 0.1) is 18.3 Å². The standard InChI is InChI=1S/C12H15BrFNO3/c1-17-7-9(18-2)6-15-12(16)10-4-3-8(14)5-11(10)13/h3-5,9H,6-7H2,1-2H3,(H,15,16). The van der Waals surface area contributed by atoms with E-state index >= 15 is 0 Å². The lowest BCUT2D eigenvalue weighted by atomic mass is 10.2. The summed E-state index contributed by atoms with van der Waals surface area (Å²) in [5.41, 5.74) is 0.378. The van der Waals surface area contributed by atoms with Crippen LogP contribution in [-0.4, -0.2) is 39.4 Å². The molecule has 4 nitrogen and oxygen atoms in total. The molecular formula is C12H15BrFNO3. The van der Waals surface area contributed by atoms with Crippen molar-refractivity contribution in [3.8, 4) is 0 Å². The van der Waals surface area contributed by atoms with Gasteiger partial charge >= 0.3 is 0 Å². The van der Waals surface area contributed by atoms with Crippen molar-refractivity contribution in [3.63, 3.8) is 0 Å². The molecule has 18 heavy (non-hydrogen) atoms. The molecule has 1 rings (SSSR count). The number of rotatable bonds is 6. The van der Waals surface area contributed by atoms with Gasteiger partial charge in [-0.25, -0.2) is 4.39 Å². The van der Waals surface area contributed by atoms with E-state index in [0.29, 0.717) is 23.2 Å². The number of ether oxygens (including phenoxy) is 2. The van der Waals surface area contributed by atoms with Gasteiger partial charge in [0.15, 0.2) is 0 Å². The first-order valence-corrected chi connectivity index (χ1v) is 6.12. The molecule has 1 amide bonds. The van der Waals surface area contributed by atoms with Crippen LogP contribution in [0.1, 0.15) is 10.4 Å². The molecule has 1 unspecified atom stereocenters. The summed E-state index contributed by atoms with van der Waals surface area (Å²) in [7, 11) is 3.11. The summed E-state index contributed by atoms with van der Waals surface area (Å²) in [4.78, 5) is 11.8. The van der Waals surface area contributed by atoms with Crippen molar-refractivity contribution in [2.24, 2.45) is 0 Å². The van der Waals surface area contributed by atoms with Crippen molar-refractivity contribution < 1.29 is 18.7 Å². The van der Waals surface area contributed by atoms with E-state index in [1.807, 2.05) is 0 Å². The number of carbonyl (C=O) groups is 1. The summed E-state index contributed by atoms with van der Waals surface area (Å²) in [6.45, 7) is 0.717. The summed E-state index contributed by atoms with van der Waals surface area (Å²) in [6, 6.07) is 3.91. The Balaban J connectivity index is 2.59. The number of nitrogens with one attached hydrogen (secondary N) is 1. The normalized spacial score (nSPS) is 12.2. The van der Waals surface area contributed by atoms with E-state index in [4.69, 9.17) is 9.47 Å². The van der Waals surface area contributed by atoms with Gasteiger partial charge in [0.2, 0.25) is 0 Å². The first-order valence-electron chi connectivity index (χ1n) is 5.33. The molecule has 1 N–H and O–H groups in total. The maximum atomic E-state index is 12.9. The zero-order chi connectivity index (χ0) is 13.5. The number of halogens is 2. The topological polar surface area (TPSA) is 47.6 Å². The van der Waals surface area contributed by atoms with Crippen LogP contribution in [0.2, 0.25) is 0 Å². The fourth-order valence-electron chi connectivity index (χ4n) is 1.37. The van der Waals surface area contributed by atoms with Crippen LogP contribution < -0.4 is 5.32 Å². The average molecular weight is 320 g/mol. The van der Waals surface area contributed by atoms with E-state index in [9.17, 15) is 9.18 Å². The van der Waals surface area contributed by atoms with Gasteiger partial charge in [-0.2, -0.15) is 0 Å². The second kappa shape index (κ2) is 7.45. The highest BCUT2D eigenvalue weighted by Crippen LogP contribution is 2.17. The lowest BCUT2D eigenvalue weighted by Gasteiger charge is -2.15. The lowest BCUT2D eigenvalue weighted by Crippen LogP contribution is -2.35. The first kappa shape index (κ1) is 15.1. The van der Waals surface area contributed by atoms with Crippen LogP contribution in [0.15, 0.2) is 22.7 Å². The van der Waals surface area contributed by atoms with Crippen LogP contribution in [0.5, 0.6) is 0 Å².